The summed E-state index contributed by atoms with van der Waals surface area (Å²) in [6.07, 6.45) is 1.31. The number of nitrogens with zero attached hydrogens (tertiary/aromatic N) is 4. The van der Waals surface area contributed by atoms with E-state index in [0.717, 1.165) is 10.7 Å². The summed E-state index contributed by atoms with van der Waals surface area (Å²) in [5.41, 5.74) is -0.682. The van der Waals surface area contributed by atoms with E-state index in [9.17, 15) is 18.9 Å². The lowest BCUT2D eigenvalue weighted by Crippen LogP contribution is -2.11. The van der Waals surface area contributed by atoms with Crippen molar-refractivity contribution in [2.45, 2.75) is 13.5 Å². The van der Waals surface area contributed by atoms with E-state index in [1.807, 2.05) is 6.92 Å². The van der Waals surface area contributed by atoms with E-state index in [2.05, 4.69) is 15.6 Å². The lowest BCUT2D eigenvalue weighted by atomic mass is 10.2. The third-order valence-electron chi connectivity index (χ3n) is 2.57. The zero-order chi connectivity index (χ0) is 14.7. The Morgan fingerprint density at radius 2 is 2.20 bits per heavy atom. The van der Waals surface area contributed by atoms with Gasteiger partial charge >= 0.3 is 0 Å². The molecule has 0 bridgehead atoms. The molecule has 1 heterocycles. The van der Waals surface area contributed by atoms with Crippen LogP contribution in [-0.2, 0) is 6.54 Å². The van der Waals surface area contributed by atoms with Gasteiger partial charge < -0.3 is 5.32 Å². The number of halogens is 2. The Morgan fingerprint density at radius 3 is 2.85 bits per heavy atom. The fourth-order valence-corrected chi connectivity index (χ4v) is 1.64. The fourth-order valence-electron chi connectivity index (χ4n) is 1.64. The molecule has 0 aliphatic carbocycles. The van der Waals surface area contributed by atoms with Crippen LogP contribution in [0, 0.1) is 21.7 Å². The molecule has 0 fully saturated rings. The highest BCUT2D eigenvalue weighted by atomic mass is 19.2. The first kappa shape index (κ1) is 14.0. The minimum Gasteiger partial charge on any atom is -0.311 e. The molecule has 9 heteroatoms. The van der Waals surface area contributed by atoms with E-state index in [1.54, 1.807) is 0 Å². The number of benzene rings is 1. The second kappa shape index (κ2) is 5.70. The first-order chi connectivity index (χ1) is 9.54. The average molecular weight is 283 g/mol. The highest BCUT2D eigenvalue weighted by Gasteiger charge is 2.24. The minimum atomic E-state index is -1.33. The number of hydrogen-bond acceptors (Lipinski definition) is 5. The predicted octanol–water partition coefficient (Wildman–Crippen LogP) is 1.56. The summed E-state index contributed by atoms with van der Waals surface area (Å²) in [5, 5.41) is 21.2. The van der Waals surface area contributed by atoms with Crippen molar-refractivity contribution >= 4 is 5.69 Å². The van der Waals surface area contributed by atoms with Gasteiger partial charge in [0.15, 0.2) is 17.3 Å². The van der Waals surface area contributed by atoms with Crippen LogP contribution in [0.5, 0.6) is 0 Å². The molecule has 20 heavy (non-hydrogen) atoms. The van der Waals surface area contributed by atoms with Gasteiger partial charge in [0.05, 0.1) is 16.8 Å². The van der Waals surface area contributed by atoms with Crippen molar-refractivity contribution in [3.05, 3.63) is 45.8 Å². The highest BCUT2D eigenvalue weighted by molar-refractivity contribution is 5.53. The molecule has 0 spiro atoms. The number of aromatic nitrogens is 3. The van der Waals surface area contributed by atoms with Gasteiger partial charge in [-0.15, -0.1) is 5.10 Å². The van der Waals surface area contributed by atoms with Gasteiger partial charge in [-0.05, 0) is 12.6 Å². The zero-order valence-electron chi connectivity index (χ0n) is 10.5. The summed E-state index contributed by atoms with van der Waals surface area (Å²) < 4.78 is 27.9. The molecule has 0 aliphatic heterocycles. The highest BCUT2D eigenvalue weighted by Crippen LogP contribution is 2.26. The van der Waals surface area contributed by atoms with E-state index >= 15 is 0 Å². The minimum absolute atomic E-state index is 0.376. The van der Waals surface area contributed by atoms with Crippen LogP contribution in [0.1, 0.15) is 12.6 Å². The van der Waals surface area contributed by atoms with Crippen LogP contribution in [-0.4, -0.2) is 26.5 Å². The molecule has 7 nitrogen and oxygen atoms in total. The largest absolute Gasteiger partial charge is 0.311 e. The Hall–Kier alpha value is -2.42. The van der Waals surface area contributed by atoms with Gasteiger partial charge in [-0.1, -0.05) is 12.1 Å². The maximum atomic E-state index is 13.8. The van der Waals surface area contributed by atoms with E-state index in [4.69, 9.17) is 0 Å². The molecule has 1 N–H and O–H groups in total. The van der Waals surface area contributed by atoms with Gasteiger partial charge in [0.1, 0.15) is 0 Å². The van der Waals surface area contributed by atoms with Gasteiger partial charge in [-0.25, -0.2) is 13.5 Å². The van der Waals surface area contributed by atoms with E-state index in [-0.39, 0.29) is 0 Å². The Morgan fingerprint density at radius 1 is 1.45 bits per heavy atom. The molecule has 1 aromatic carbocycles. The maximum absolute atomic E-state index is 13.8. The summed E-state index contributed by atoms with van der Waals surface area (Å²) in [5.74, 6) is -2.52. The second-order valence-corrected chi connectivity index (χ2v) is 3.92. The molecule has 0 amide bonds. The average Bonchev–Trinajstić information content (AvgIpc) is 2.87. The van der Waals surface area contributed by atoms with Crippen LogP contribution in [0.3, 0.4) is 0 Å². The Kier molecular flexibility index (Phi) is 3.99. The Labute approximate surface area is 112 Å². The molecule has 0 aliphatic rings. The lowest BCUT2D eigenvalue weighted by Gasteiger charge is -2.04. The fraction of sp³-hybridized carbons (Fsp3) is 0.273. The standard InChI is InChI=1S/C11H11F2N5O2/c1-2-14-5-7-6-17(16-15-7)11-9(18(19)20)4-3-8(12)10(11)13/h3-4,6,14H,2,5H2,1H3. The quantitative estimate of drug-likeness (QED) is 0.664. The molecule has 106 valence electrons. The van der Waals surface area contributed by atoms with Gasteiger partial charge in [-0.2, -0.15) is 0 Å². The molecule has 1 aromatic heterocycles. The van der Waals surface area contributed by atoms with Crippen LogP contribution in [0.2, 0.25) is 0 Å². The van der Waals surface area contributed by atoms with Crippen LogP contribution in [0.15, 0.2) is 18.3 Å². The number of nitrogens with one attached hydrogen (secondary N) is 1. The molecule has 0 saturated carbocycles. The molecule has 0 radical (unpaired) electrons. The monoisotopic (exact) mass is 283 g/mol. The molecule has 0 unspecified atom stereocenters. The summed E-state index contributed by atoms with van der Waals surface area (Å²) in [7, 11) is 0. The predicted molar refractivity (Wildman–Crippen MR) is 65.3 cm³/mol. The lowest BCUT2D eigenvalue weighted by molar-refractivity contribution is -0.384. The van der Waals surface area contributed by atoms with Crippen molar-refractivity contribution in [2.24, 2.45) is 0 Å². The summed E-state index contributed by atoms with van der Waals surface area (Å²) in [4.78, 5) is 10.1. The van der Waals surface area contributed by atoms with Gasteiger partial charge in [0.25, 0.3) is 5.69 Å². The number of hydrogen-bond donors (Lipinski definition) is 1. The maximum Gasteiger partial charge on any atom is 0.298 e. The third-order valence-corrected chi connectivity index (χ3v) is 2.57. The number of nitro benzene ring substituents is 1. The van der Waals surface area contributed by atoms with Gasteiger partial charge in [-0.3, -0.25) is 10.1 Å². The number of rotatable bonds is 5. The van der Waals surface area contributed by atoms with Crippen molar-refractivity contribution in [1.82, 2.24) is 20.3 Å². The zero-order valence-corrected chi connectivity index (χ0v) is 10.5. The first-order valence-electron chi connectivity index (χ1n) is 5.79. The van der Waals surface area contributed by atoms with Crippen molar-refractivity contribution in [3.63, 3.8) is 0 Å². The van der Waals surface area contributed by atoms with Crippen molar-refractivity contribution in [2.75, 3.05) is 6.54 Å². The van der Waals surface area contributed by atoms with Crippen molar-refractivity contribution < 1.29 is 13.7 Å². The normalized spacial score (nSPS) is 10.8. The molecule has 2 rings (SSSR count). The van der Waals surface area contributed by atoms with Gasteiger partial charge in [0, 0.05) is 12.6 Å². The van der Waals surface area contributed by atoms with E-state index < -0.39 is 27.9 Å². The molecule has 0 saturated heterocycles. The summed E-state index contributed by atoms with van der Waals surface area (Å²) in [6, 6.07) is 1.59. The molecular formula is C11H11F2N5O2. The first-order valence-corrected chi connectivity index (χ1v) is 5.79. The summed E-state index contributed by atoms with van der Waals surface area (Å²) >= 11 is 0. The Bertz CT molecular complexity index is 644. The summed E-state index contributed by atoms with van der Waals surface area (Å²) in [6.45, 7) is 2.96. The second-order valence-electron chi connectivity index (χ2n) is 3.92. The van der Waals surface area contributed by atoms with E-state index in [1.165, 1.54) is 6.20 Å². The smallest absolute Gasteiger partial charge is 0.298 e. The van der Waals surface area contributed by atoms with Crippen molar-refractivity contribution in [3.8, 4) is 5.69 Å². The topological polar surface area (TPSA) is 85.9 Å². The molecule has 2 aromatic rings. The molecule has 0 atom stereocenters. The molecular weight excluding hydrogens is 272 g/mol. The van der Waals surface area contributed by atoms with Crippen LogP contribution in [0.25, 0.3) is 5.69 Å². The van der Waals surface area contributed by atoms with Crippen molar-refractivity contribution in [1.29, 1.82) is 0 Å². The third kappa shape index (κ3) is 2.62. The van der Waals surface area contributed by atoms with Gasteiger partial charge in [0.2, 0.25) is 0 Å². The van der Waals surface area contributed by atoms with Crippen LogP contribution < -0.4 is 5.32 Å². The Balaban J connectivity index is 2.48. The van der Waals surface area contributed by atoms with Crippen LogP contribution in [0.4, 0.5) is 14.5 Å². The van der Waals surface area contributed by atoms with Crippen LogP contribution >= 0.6 is 0 Å². The van der Waals surface area contributed by atoms with E-state index in [0.29, 0.717) is 24.8 Å². The SMILES string of the molecule is CCNCc1cn(-c2c([N+](=O)[O-])ccc(F)c2F)nn1. The number of nitro groups is 1.